The lowest BCUT2D eigenvalue weighted by Gasteiger charge is -2.24. The quantitative estimate of drug-likeness (QED) is 0.749. The summed E-state index contributed by atoms with van der Waals surface area (Å²) in [6.07, 6.45) is -0.222. The van der Waals surface area contributed by atoms with Gasteiger partial charge in [-0.25, -0.2) is 8.42 Å². The molecule has 142 valence electrons. The molecule has 0 saturated carbocycles. The number of nitrogens with one attached hydrogen (secondary N) is 2. The lowest BCUT2D eigenvalue weighted by atomic mass is 9.86. The Bertz CT molecular complexity index is 1050. The van der Waals surface area contributed by atoms with E-state index in [-0.39, 0.29) is 16.5 Å². The Morgan fingerprint density at radius 3 is 2.81 bits per heavy atom. The van der Waals surface area contributed by atoms with Crippen LogP contribution in [0.4, 0.5) is 11.4 Å². The third-order valence-electron chi connectivity index (χ3n) is 5.08. The molecule has 2 aliphatic heterocycles. The molecule has 0 saturated heterocycles. The molecule has 0 radical (unpaired) electrons. The SMILES string of the molecule is CC1(C)C(=O)Nc2ccc(S(=O)(=O)Nc3cccc4c3OCCC4O)cc21. The zero-order chi connectivity index (χ0) is 19.4. The fourth-order valence-electron chi connectivity index (χ4n) is 3.41. The number of hydrogen-bond donors (Lipinski definition) is 3. The van der Waals surface area contributed by atoms with Crippen molar-refractivity contribution < 1.29 is 23.1 Å². The minimum Gasteiger partial charge on any atom is -0.491 e. The molecular formula is C19H20N2O5S. The second-order valence-electron chi connectivity index (χ2n) is 7.27. The number of ether oxygens (including phenoxy) is 1. The van der Waals surface area contributed by atoms with Crippen LogP contribution in [0, 0.1) is 0 Å². The van der Waals surface area contributed by atoms with Crippen LogP contribution in [0.5, 0.6) is 5.75 Å². The molecular weight excluding hydrogens is 368 g/mol. The van der Waals surface area contributed by atoms with Gasteiger partial charge in [-0.05, 0) is 43.7 Å². The Morgan fingerprint density at radius 2 is 2.04 bits per heavy atom. The van der Waals surface area contributed by atoms with Gasteiger partial charge in [0.25, 0.3) is 10.0 Å². The molecule has 1 amide bonds. The van der Waals surface area contributed by atoms with Crippen LogP contribution in [0.25, 0.3) is 0 Å². The summed E-state index contributed by atoms with van der Waals surface area (Å²) in [5, 5.41) is 12.9. The van der Waals surface area contributed by atoms with E-state index in [1.165, 1.54) is 12.1 Å². The predicted molar refractivity (Wildman–Crippen MR) is 100 cm³/mol. The Morgan fingerprint density at radius 1 is 1.26 bits per heavy atom. The molecule has 0 bridgehead atoms. The van der Waals surface area contributed by atoms with E-state index in [1.807, 2.05) is 0 Å². The van der Waals surface area contributed by atoms with Crippen LogP contribution in [0.3, 0.4) is 0 Å². The second-order valence-corrected chi connectivity index (χ2v) is 8.95. The van der Waals surface area contributed by atoms with Crippen LogP contribution >= 0.6 is 0 Å². The van der Waals surface area contributed by atoms with E-state index in [2.05, 4.69) is 10.0 Å². The number of aliphatic hydroxyl groups is 1. The molecule has 7 nitrogen and oxygen atoms in total. The molecule has 2 aliphatic rings. The minimum atomic E-state index is -3.90. The number of carbonyl (C=O) groups is 1. The summed E-state index contributed by atoms with van der Waals surface area (Å²) in [7, 11) is -3.90. The van der Waals surface area contributed by atoms with Crippen LogP contribution in [-0.4, -0.2) is 26.0 Å². The molecule has 0 spiro atoms. The number of para-hydroxylation sites is 1. The molecule has 1 atom stereocenters. The third kappa shape index (κ3) is 2.85. The highest BCUT2D eigenvalue weighted by Gasteiger charge is 2.39. The van der Waals surface area contributed by atoms with Crippen molar-refractivity contribution in [2.75, 3.05) is 16.6 Å². The normalized spacial score (nSPS) is 20.3. The minimum absolute atomic E-state index is 0.0554. The van der Waals surface area contributed by atoms with Gasteiger partial charge >= 0.3 is 0 Å². The highest BCUT2D eigenvalue weighted by atomic mass is 32.2. The van der Waals surface area contributed by atoms with E-state index in [0.717, 1.165) is 0 Å². The van der Waals surface area contributed by atoms with E-state index in [4.69, 9.17) is 4.74 Å². The average molecular weight is 388 g/mol. The number of amides is 1. The van der Waals surface area contributed by atoms with Crippen LogP contribution in [0.2, 0.25) is 0 Å². The maximum Gasteiger partial charge on any atom is 0.262 e. The van der Waals surface area contributed by atoms with Crippen molar-refractivity contribution in [2.24, 2.45) is 0 Å². The number of benzene rings is 2. The number of rotatable bonds is 3. The zero-order valence-electron chi connectivity index (χ0n) is 14.9. The summed E-state index contributed by atoms with van der Waals surface area (Å²) < 4.78 is 34.0. The molecule has 2 aromatic carbocycles. The lowest BCUT2D eigenvalue weighted by Crippen LogP contribution is -2.27. The van der Waals surface area contributed by atoms with E-state index >= 15 is 0 Å². The fraction of sp³-hybridized carbons (Fsp3) is 0.316. The number of sulfonamides is 1. The number of fused-ring (bicyclic) bond motifs is 2. The topological polar surface area (TPSA) is 105 Å². The first-order chi connectivity index (χ1) is 12.7. The van der Waals surface area contributed by atoms with Crippen LogP contribution in [0.1, 0.15) is 37.5 Å². The predicted octanol–water partition coefficient (Wildman–Crippen LogP) is 2.53. The summed E-state index contributed by atoms with van der Waals surface area (Å²) in [6, 6.07) is 9.54. The number of aliphatic hydroxyl groups excluding tert-OH is 1. The summed E-state index contributed by atoms with van der Waals surface area (Å²) in [5.74, 6) is 0.178. The van der Waals surface area contributed by atoms with Gasteiger partial charge in [-0.1, -0.05) is 12.1 Å². The Kier molecular flexibility index (Phi) is 3.94. The van der Waals surface area contributed by atoms with Gasteiger partial charge in [-0.2, -0.15) is 0 Å². The molecule has 0 aromatic heterocycles. The van der Waals surface area contributed by atoms with E-state index in [1.54, 1.807) is 38.1 Å². The van der Waals surface area contributed by atoms with Crippen molar-refractivity contribution in [1.29, 1.82) is 0 Å². The van der Waals surface area contributed by atoms with Gasteiger partial charge in [0, 0.05) is 17.7 Å². The molecule has 27 heavy (non-hydrogen) atoms. The van der Waals surface area contributed by atoms with Gasteiger partial charge in [0.15, 0.2) is 0 Å². The van der Waals surface area contributed by atoms with Crippen LogP contribution < -0.4 is 14.8 Å². The molecule has 2 aromatic rings. The third-order valence-corrected chi connectivity index (χ3v) is 6.44. The van der Waals surface area contributed by atoms with Gasteiger partial charge in [0.05, 0.1) is 28.7 Å². The van der Waals surface area contributed by atoms with Crippen molar-refractivity contribution in [3.05, 3.63) is 47.5 Å². The zero-order valence-corrected chi connectivity index (χ0v) is 15.8. The lowest BCUT2D eigenvalue weighted by molar-refractivity contribution is -0.119. The fourth-order valence-corrected chi connectivity index (χ4v) is 4.50. The van der Waals surface area contributed by atoms with Crippen molar-refractivity contribution in [3.8, 4) is 5.75 Å². The Balaban J connectivity index is 1.72. The maximum absolute atomic E-state index is 12.9. The smallest absolute Gasteiger partial charge is 0.262 e. The first-order valence-corrected chi connectivity index (χ1v) is 10.1. The van der Waals surface area contributed by atoms with Crippen LogP contribution in [0.15, 0.2) is 41.3 Å². The number of hydrogen-bond acceptors (Lipinski definition) is 5. The molecule has 8 heteroatoms. The monoisotopic (exact) mass is 388 g/mol. The van der Waals surface area contributed by atoms with Gasteiger partial charge in [0.1, 0.15) is 5.75 Å². The Hall–Kier alpha value is -2.58. The number of anilines is 2. The molecule has 4 rings (SSSR count). The van der Waals surface area contributed by atoms with E-state index < -0.39 is 21.5 Å². The van der Waals surface area contributed by atoms with Gasteiger partial charge in [-0.3, -0.25) is 9.52 Å². The van der Waals surface area contributed by atoms with E-state index in [0.29, 0.717) is 35.6 Å². The van der Waals surface area contributed by atoms with Crippen molar-refractivity contribution in [2.45, 2.75) is 36.7 Å². The molecule has 2 heterocycles. The van der Waals surface area contributed by atoms with Gasteiger partial charge in [0.2, 0.25) is 5.91 Å². The highest BCUT2D eigenvalue weighted by Crippen LogP contribution is 2.40. The highest BCUT2D eigenvalue weighted by molar-refractivity contribution is 7.92. The van der Waals surface area contributed by atoms with E-state index in [9.17, 15) is 18.3 Å². The number of carbonyl (C=O) groups excluding carboxylic acids is 1. The Labute approximate surface area is 157 Å². The first-order valence-electron chi connectivity index (χ1n) is 8.63. The van der Waals surface area contributed by atoms with Crippen molar-refractivity contribution >= 4 is 27.3 Å². The summed E-state index contributed by atoms with van der Waals surface area (Å²) in [4.78, 5) is 12.1. The molecule has 3 N–H and O–H groups in total. The average Bonchev–Trinajstić information content (AvgIpc) is 2.84. The van der Waals surface area contributed by atoms with Crippen molar-refractivity contribution in [1.82, 2.24) is 0 Å². The summed E-state index contributed by atoms with van der Waals surface area (Å²) in [5.41, 5.74) is 1.29. The molecule has 0 aliphatic carbocycles. The standard InChI is InChI=1S/C19H20N2O5S/c1-19(2)13-10-11(6-7-14(13)20-18(19)23)27(24,25)21-15-5-3-4-12-16(22)8-9-26-17(12)15/h3-7,10,16,21-22H,8-9H2,1-2H3,(H,20,23). The molecule has 1 unspecified atom stereocenters. The second kappa shape index (κ2) is 5.97. The van der Waals surface area contributed by atoms with Gasteiger partial charge in [-0.15, -0.1) is 0 Å². The summed E-state index contributed by atoms with van der Waals surface area (Å²) >= 11 is 0. The maximum atomic E-state index is 12.9. The van der Waals surface area contributed by atoms with Gasteiger partial charge < -0.3 is 15.2 Å². The first kappa shape index (κ1) is 17.8. The largest absolute Gasteiger partial charge is 0.491 e. The van der Waals surface area contributed by atoms with Crippen molar-refractivity contribution in [3.63, 3.8) is 0 Å². The van der Waals surface area contributed by atoms with Crippen LogP contribution in [-0.2, 0) is 20.2 Å². The molecule has 0 fully saturated rings. The summed E-state index contributed by atoms with van der Waals surface area (Å²) in [6.45, 7) is 3.81.